The maximum atomic E-state index is 11.9. The van der Waals surface area contributed by atoms with Gasteiger partial charge in [0.25, 0.3) is 0 Å². The van der Waals surface area contributed by atoms with E-state index in [0.717, 1.165) is 0 Å². The van der Waals surface area contributed by atoms with Crippen LogP contribution in [-0.2, 0) is 23.8 Å². The summed E-state index contributed by atoms with van der Waals surface area (Å²) in [5.74, 6) is -1.09. The minimum absolute atomic E-state index is 0.0147. The van der Waals surface area contributed by atoms with Gasteiger partial charge in [0, 0.05) is 19.3 Å². The van der Waals surface area contributed by atoms with Crippen molar-refractivity contribution in [3.8, 4) is 0 Å². The molecule has 0 radical (unpaired) electrons. The van der Waals surface area contributed by atoms with Crippen molar-refractivity contribution >= 4 is 18.0 Å². The molecule has 132 valence electrons. The highest BCUT2D eigenvalue weighted by atomic mass is 16.6. The van der Waals surface area contributed by atoms with E-state index in [0.29, 0.717) is 0 Å². The Kier molecular flexibility index (Phi) is 6.37. The van der Waals surface area contributed by atoms with Crippen molar-refractivity contribution in [2.45, 2.75) is 64.2 Å². The van der Waals surface area contributed by atoms with Crippen LogP contribution in [-0.4, -0.2) is 53.6 Å². The number of hydrogen-bond donors (Lipinski definition) is 2. The Morgan fingerprint density at radius 1 is 1.43 bits per heavy atom. The summed E-state index contributed by atoms with van der Waals surface area (Å²) < 4.78 is 15.1. The molecule has 0 spiro atoms. The lowest BCUT2D eigenvalue weighted by molar-refractivity contribution is -0.156. The van der Waals surface area contributed by atoms with Gasteiger partial charge in [-0.25, -0.2) is 9.59 Å². The molecule has 1 fully saturated rings. The van der Waals surface area contributed by atoms with Gasteiger partial charge in [-0.1, -0.05) is 0 Å². The Balaban J connectivity index is 2.61. The average molecular weight is 331 g/mol. The number of rotatable bonds is 6. The van der Waals surface area contributed by atoms with Gasteiger partial charge in [-0.05, 0) is 27.7 Å². The van der Waals surface area contributed by atoms with Crippen LogP contribution >= 0.6 is 0 Å². The number of aliphatic hydroxyl groups excluding tert-OH is 1. The Labute approximate surface area is 135 Å². The zero-order valence-electron chi connectivity index (χ0n) is 14.0. The molecule has 23 heavy (non-hydrogen) atoms. The topological polar surface area (TPSA) is 111 Å². The van der Waals surface area contributed by atoms with E-state index in [-0.39, 0.29) is 25.9 Å². The summed E-state index contributed by atoms with van der Waals surface area (Å²) in [6, 6.07) is -0.917. The Bertz CT molecular complexity index is 457. The van der Waals surface area contributed by atoms with Crippen molar-refractivity contribution < 1.29 is 33.7 Å². The van der Waals surface area contributed by atoms with Crippen LogP contribution in [0.2, 0.25) is 0 Å². The first kappa shape index (κ1) is 19.2. The van der Waals surface area contributed by atoms with Gasteiger partial charge < -0.3 is 24.6 Å². The second-order valence-corrected chi connectivity index (χ2v) is 6.47. The first-order chi connectivity index (χ1) is 10.6. The van der Waals surface area contributed by atoms with E-state index in [9.17, 15) is 19.5 Å². The molecule has 0 saturated carbocycles. The molecule has 0 bridgehead atoms. The number of aliphatic hydroxyl groups is 1. The van der Waals surface area contributed by atoms with Crippen LogP contribution in [0.25, 0.3) is 0 Å². The summed E-state index contributed by atoms with van der Waals surface area (Å²) in [5.41, 5.74) is -1.88. The molecule has 1 amide bonds. The Hall–Kier alpha value is -1.83. The Morgan fingerprint density at radius 2 is 2.09 bits per heavy atom. The van der Waals surface area contributed by atoms with Crippen LogP contribution in [0, 0.1) is 0 Å². The Morgan fingerprint density at radius 3 is 2.61 bits per heavy atom. The van der Waals surface area contributed by atoms with E-state index in [1.54, 1.807) is 27.7 Å². The number of amides is 1. The fourth-order valence-electron chi connectivity index (χ4n) is 2.23. The highest BCUT2D eigenvalue weighted by molar-refractivity contribution is 5.83. The van der Waals surface area contributed by atoms with Gasteiger partial charge in [-0.2, -0.15) is 0 Å². The van der Waals surface area contributed by atoms with Crippen molar-refractivity contribution in [3.63, 3.8) is 0 Å². The summed E-state index contributed by atoms with van der Waals surface area (Å²) in [4.78, 5) is 35.1. The fraction of sp³-hybridized carbons (Fsp3) is 0.800. The number of nitrogens with one attached hydrogen (secondary N) is 1. The van der Waals surface area contributed by atoms with E-state index in [1.165, 1.54) is 0 Å². The molecule has 1 saturated heterocycles. The summed E-state index contributed by atoms with van der Waals surface area (Å²) in [5, 5.41) is 12.0. The van der Waals surface area contributed by atoms with E-state index in [1.807, 2.05) is 0 Å². The molecule has 1 heterocycles. The number of alkyl carbamates (subject to hydrolysis) is 1. The van der Waals surface area contributed by atoms with Gasteiger partial charge in [-0.3, -0.25) is 4.79 Å². The molecule has 2 N–H and O–H groups in total. The lowest BCUT2D eigenvalue weighted by Crippen LogP contribution is -2.42. The number of hydrogen-bond acceptors (Lipinski definition) is 7. The molecule has 2 atom stereocenters. The third-order valence-electron chi connectivity index (χ3n) is 3.25. The summed E-state index contributed by atoms with van der Waals surface area (Å²) in [6.07, 6.45) is -0.527. The third-order valence-corrected chi connectivity index (χ3v) is 3.25. The van der Waals surface area contributed by atoms with Crippen molar-refractivity contribution in [3.05, 3.63) is 0 Å². The van der Waals surface area contributed by atoms with Gasteiger partial charge in [0.2, 0.25) is 0 Å². The largest absolute Gasteiger partial charge is 0.466 e. The molecule has 8 nitrogen and oxygen atoms in total. The summed E-state index contributed by atoms with van der Waals surface area (Å²) in [6.45, 7) is 6.62. The fourth-order valence-corrected chi connectivity index (χ4v) is 2.23. The van der Waals surface area contributed by atoms with Crippen LogP contribution in [0.5, 0.6) is 0 Å². The summed E-state index contributed by atoms with van der Waals surface area (Å²) in [7, 11) is 0. The summed E-state index contributed by atoms with van der Waals surface area (Å²) >= 11 is 0. The molecule has 0 aliphatic carbocycles. The van der Waals surface area contributed by atoms with E-state index < -0.39 is 41.9 Å². The molecular formula is C15H25NO7. The van der Waals surface area contributed by atoms with Crippen LogP contribution in [0.1, 0.15) is 47.0 Å². The average Bonchev–Trinajstić information content (AvgIpc) is 2.72. The minimum Gasteiger partial charge on any atom is -0.466 e. The molecule has 0 aromatic carbocycles. The van der Waals surface area contributed by atoms with E-state index in [2.05, 4.69) is 5.32 Å². The number of carbonyl (C=O) groups excluding carboxylic acids is 3. The monoisotopic (exact) mass is 331 g/mol. The predicted octanol–water partition coefficient (Wildman–Crippen LogP) is 0.901. The molecule has 1 aliphatic heterocycles. The second kappa shape index (κ2) is 7.63. The van der Waals surface area contributed by atoms with Gasteiger partial charge in [0.05, 0.1) is 13.2 Å². The van der Waals surface area contributed by atoms with Crippen molar-refractivity contribution in [2.75, 3.05) is 13.2 Å². The normalized spacial score (nSPS) is 24.0. The maximum absolute atomic E-state index is 11.9. The molecule has 1 aliphatic rings. The van der Waals surface area contributed by atoms with Gasteiger partial charge in [0.1, 0.15) is 17.2 Å². The van der Waals surface area contributed by atoms with Gasteiger partial charge >= 0.3 is 18.0 Å². The maximum Gasteiger partial charge on any atom is 0.408 e. The van der Waals surface area contributed by atoms with Crippen molar-refractivity contribution in [1.29, 1.82) is 0 Å². The SMILES string of the molecule is CCOC(=O)CC[C@@]1(CO)C[C@H](NC(=O)OC(C)(C)C)C(=O)O1. The van der Waals surface area contributed by atoms with Crippen LogP contribution < -0.4 is 5.32 Å². The molecule has 0 unspecified atom stereocenters. The van der Waals surface area contributed by atoms with Crippen molar-refractivity contribution in [2.24, 2.45) is 0 Å². The zero-order chi connectivity index (χ0) is 17.7. The molecular weight excluding hydrogens is 306 g/mol. The number of cyclic esters (lactones) is 1. The lowest BCUT2D eigenvalue weighted by atomic mass is 9.93. The highest BCUT2D eigenvalue weighted by Gasteiger charge is 2.47. The first-order valence-corrected chi connectivity index (χ1v) is 7.59. The van der Waals surface area contributed by atoms with Gasteiger partial charge in [0.15, 0.2) is 0 Å². The van der Waals surface area contributed by atoms with E-state index >= 15 is 0 Å². The number of esters is 2. The van der Waals surface area contributed by atoms with Gasteiger partial charge in [-0.15, -0.1) is 0 Å². The van der Waals surface area contributed by atoms with Crippen LogP contribution in [0.15, 0.2) is 0 Å². The quantitative estimate of drug-likeness (QED) is 0.549. The first-order valence-electron chi connectivity index (χ1n) is 7.59. The van der Waals surface area contributed by atoms with Crippen LogP contribution in [0.3, 0.4) is 0 Å². The van der Waals surface area contributed by atoms with E-state index in [4.69, 9.17) is 14.2 Å². The number of ether oxygens (including phenoxy) is 3. The van der Waals surface area contributed by atoms with Crippen molar-refractivity contribution in [1.82, 2.24) is 5.32 Å². The minimum atomic E-state index is -1.19. The highest BCUT2D eigenvalue weighted by Crippen LogP contribution is 2.31. The molecule has 8 heteroatoms. The molecule has 0 aromatic heterocycles. The lowest BCUT2D eigenvalue weighted by Gasteiger charge is -2.24. The zero-order valence-corrected chi connectivity index (χ0v) is 14.0. The predicted molar refractivity (Wildman–Crippen MR) is 79.6 cm³/mol. The standard InChI is InChI=1S/C15H25NO7/c1-5-21-11(18)6-7-15(9-17)8-10(12(19)22-15)16-13(20)23-14(2,3)4/h10,17H,5-9H2,1-4H3,(H,16,20)/t10-,15-/m0/s1. The number of carbonyl (C=O) groups is 3. The van der Waals surface area contributed by atoms with Crippen LogP contribution in [0.4, 0.5) is 4.79 Å². The molecule has 0 aromatic rings. The second-order valence-electron chi connectivity index (χ2n) is 6.47. The third kappa shape index (κ3) is 6.05. The molecule has 1 rings (SSSR count). The smallest absolute Gasteiger partial charge is 0.408 e.